The van der Waals surface area contributed by atoms with Gasteiger partial charge in [-0.3, -0.25) is 9.59 Å². The third-order valence-corrected chi connectivity index (χ3v) is 5.41. The summed E-state index contributed by atoms with van der Waals surface area (Å²) in [6, 6.07) is 12.8. The van der Waals surface area contributed by atoms with Gasteiger partial charge in [0.05, 0.1) is 4.90 Å². The molecule has 0 aliphatic carbocycles. The van der Waals surface area contributed by atoms with Crippen LogP contribution in [0.15, 0.2) is 59.5 Å². The molecule has 0 aromatic heterocycles. The van der Waals surface area contributed by atoms with E-state index in [2.05, 4.69) is 5.32 Å². The molecule has 2 rings (SSSR count). The second-order valence-corrected chi connectivity index (χ2v) is 7.75. The molecule has 7 nitrogen and oxygen atoms in total. The number of halogens is 1. The standard InChI is InChI=1S/C18H19FN2O5S/c1-13(18(23)20-15-6-4-3-5-7-15)26-17(22)12-21(2)27(24,25)16-10-8-14(19)9-11-16/h3-11,13H,12H2,1-2H3,(H,20,23)/t13-/m1/s1. The van der Waals surface area contributed by atoms with E-state index in [0.29, 0.717) is 5.69 Å². The molecule has 0 saturated heterocycles. The number of likely N-dealkylation sites (N-methyl/N-ethyl adjacent to an activating group) is 1. The first-order chi connectivity index (χ1) is 12.7. The van der Waals surface area contributed by atoms with Crippen molar-refractivity contribution in [3.63, 3.8) is 0 Å². The van der Waals surface area contributed by atoms with E-state index in [1.165, 1.54) is 14.0 Å². The third kappa shape index (κ3) is 5.60. The fourth-order valence-electron chi connectivity index (χ4n) is 2.11. The quantitative estimate of drug-likeness (QED) is 0.726. The van der Waals surface area contributed by atoms with Crippen LogP contribution in [0.4, 0.5) is 10.1 Å². The SMILES string of the molecule is C[C@@H](OC(=O)CN(C)S(=O)(=O)c1ccc(F)cc1)C(=O)Nc1ccccc1. The van der Waals surface area contributed by atoms with Gasteiger partial charge >= 0.3 is 5.97 Å². The normalized spacial score (nSPS) is 12.4. The van der Waals surface area contributed by atoms with Crippen LogP contribution in [0.5, 0.6) is 0 Å². The Morgan fingerprint density at radius 1 is 1.11 bits per heavy atom. The molecule has 0 bridgehead atoms. The number of nitrogens with one attached hydrogen (secondary N) is 1. The maximum absolute atomic E-state index is 12.9. The van der Waals surface area contributed by atoms with E-state index >= 15 is 0 Å². The zero-order valence-electron chi connectivity index (χ0n) is 14.8. The first-order valence-corrected chi connectivity index (χ1v) is 9.41. The monoisotopic (exact) mass is 394 g/mol. The summed E-state index contributed by atoms with van der Waals surface area (Å²) in [4.78, 5) is 23.9. The third-order valence-electron chi connectivity index (χ3n) is 3.59. The van der Waals surface area contributed by atoms with Crippen molar-refractivity contribution in [2.45, 2.75) is 17.9 Å². The van der Waals surface area contributed by atoms with E-state index in [1.807, 2.05) is 0 Å². The number of ether oxygens (including phenoxy) is 1. The van der Waals surface area contributed by atoms with Crippen LogP contribution in [0.2, 0.25) is 0 Å². The average molecular weight is 394 g/mol. The van der Waals surface area contributed by atoms with Gasteiger partial charge in [-0.15, -0.1) is 0 Å². The van der Waals surface area contributed by atoms with Crippen molar-refractivity contribution < 1.29 is 27.1 Å². The number of hydrogen-bond acceptors (Lipinski definition) is 5. The van der Waals surface area contributed by atoms with Gasteiger partial charge in [0.25, 0.3) is 5.91 Å². The highest BCUT2D eigenvalue weighted by Crippen LogP contribution is 2.15. The Morgan fingerprint density at radius 2 is 1.70 bits per heavy atom. The summed E-state index contributed by atoms with van der Waals surface area (Å²) in [6.45, 7) is 0.785. The smallest absolute Gasteiger partial charge is 0.322 e. The van der Waals surface area contributed by atoms with Gasteiger partial charge in [0.2, 0.25) is 10.0 Å². The van der Waals surface area contributed by atoms with Crippen LogP contribution in [0.3, 0.4) is 0 Å². The largest absolute Gasteiger partial charge is 0.452 e. The lowest BCUT2D eigenvalue weighted by Crippen LogP contribution is -2.37. The van der Waals surface area contributed by atoms with E-state index in [4.69, 9.17) is 4.74 Å². The van der Waals surface area contributed by atoms with Gasteiger partial charge < -0.3 is 10.1 Å². The summed E-state index contributed by atoms with van der Waals surface area (Å²) in [5.41, 5.74) is 0.543. The highest BCUT2D eigenvalue weighted by atomic mass is 32.2. The van der Waals surface area contributed by atoms with Crippen molar-refractivity contribution in [2.24, 2.45) is 0 Å². The van der Waals surface area contributed by atoms with E-state index in [9.17, 15) is 22.4 Å². The number of amides is 1. The lowest BCUT2D eigenvalue weighted by Gasteiger charge is -2.18. The molecule has 0 aliphatic heterocycles. The maximum Gasteiger partial charge on any atom is 0.322 e. The molecule has 0 unspecified atom stereocenters. The molecule has 0 aliphatic rings. The van der Waals surface area contributed by atoms with Crippen molar-refractivity contribution >= 4 is 27.6 Å². The van der Waals surface area contributed by atoms with Gasteiger partial charge in [-0.2, -0.15) is 4.31 Å². The second kappa shape index (κ2) is 8.74. The number of benzene rings is 2. The topological polar surface area (TPSA) is 92.8 Å². The number of sulfonamides is 1. The van der Waals surface area contributed by atoms with E-state index < -0.39 is 40.4 Å². The lowest BCUT2D eigenvalue weighted by molar-refractivity contribution is -0.153. The molecule has 9 heteroatoms. The Kier molecular flexibility index (Phi) is 6.65. The number of anilines is 1. The first-order valence-electron chi connectivity index (χ1n) is 7.97. The van der Waals surface area contributed by atoms with Crippen molar-refractivity contribution in [3.8, 4) is 0 Å². The molecule has 2 aromatic carbocycles. The number of rotatable bonds is 7. The number of esters is 1. The van der Waals surface area contributed by atoms with Gasteiger partial charge in [0.15, 0.2) is 6.10 Å². The Bertz CT molecular complexity index is 901. The van der Waals surface area contributed by atoms with Crippen LogP contribution in [0.1, 0.15) is 6.92 Å². The maximum atomic E-state index is 12.9. The van der Waals surface area contributed by atoms with Crippen LogP contribution in [-0.4, -0.2) is 44.3 Å². The van der Waals surface area contributed by atoms with Gasteiger partial charge in [-0.25, -0.2) is 12.8 Å². The Labute approximate surface area is 156 Å². The predicted octanol–water partition coefficient (Wildman–Crippen LogP) is 2.02. The Hall–Kier alpha value is -2.78. The molecule has 0 radical (unpaired) electrons. The summed E-state index contributed by atoms with van der Waals surface area (Å²) >= 11 is 0. The molecule has 0 saturated carbocycles. The summed E-state index contributed by atoms with van der Waals surface area (Å²) < 4.78 is 43.4. The molecule has 1 N–H and O–H groups in total. The van der Waals surface area contributed by atoms with Crippen molar-refractivity contribution in [2.75, 3.05) is 18.9 Å². The highest BCUT2D eigenvalue weighted by molar-refractivity contribution is 7.89. The van der Waals surface area contributed by atoms with Crippen LogP contribution in [0, 0.1) is 5.82 Å². The number of carbonyl (C=O) groups is 2. The van der Waals surface area contributed by atoms with E-state index in [0.717, 1.165) is 28.6 Å². The minimum atomic E-state index is -3.99. The molecule has 27 heavy (non-hydrogen) atoms. The van der Waals surface area contributed by atoms with Gasteiger partial charge in [0, 0.05) is 12.7 Å². The number of carbonyl (C=O) groups excluding carboxylic acids is 2. The summed E-state index contributed by atoms with van der Waals surface area (Å²) in [6.07, 6.45) is -1.11. The molecule has 144 valence electrons. The highest BCUT2D eigenvalue weighted by Gasteiger charge is 2.25. The number of hydrogen-bond donors (Lipinski definition) is 1. The molecular formula is C18H19FN2O5S. The predicted molar refractivity (Wildman–Crippen MR) is 96.8 cm³/mol. The minimum Gasteiger partial charge on any atom is -0.452 e. The number of para-hydroxylation sites is 1. The van der Waals surface area contributed by atoms with Crippen LogP contribution >= 0.6 is 0 Å². The Balaban J connectivity index is 1.93. The summed E-state index contributed by atoms with van der Waals surface area (Å²) in [7, 11) is -2.80. The summed E-state index contributed by atoms with van der Waals surface area (Å²) in [5.74, 6) is -2.01. The zero-order chi connectivity index (χ0) is 20.0. The number of nitrogens with zero attached hydrogens (tertiary/aromatic N) is 1. The van der Waals surface area contributed by atoms with Crippen molar-refractivity contribution in [1.29, 1.82) is 0 Å². The first kappa shape index (κ1) is 20.5. The molecular weight excluding hydrogens is 375 g/mol. The van der Waals surface area contributed by atoms with Gasteiger partial charge in [-0.1, -0.05) is 18.2 Å². The molecule has 1 atom stereocenters. The van der Waals surface area contributed by atoms with Crippen LogP contribution < -0.4 is 5.32 Å². The average Bonchev–Trinajstić information content (AvgIpc) is 2.62. The van der Waals surface area contributed by atoms with E-state index in [1.54, 1.807) is 30.3 Å². The fourth-order valence-corrected chi connectivity index (χ4v) is 3.22. The van der Waals surface area contributed by atoms with Gasteiger partial charge in [-0.05, 0) is 43.3 Å². The molecule has 0 fully saturated rings. The zero-order valence-corrected chi connectivity index (χ0v) is 15.6. The molecule has 0 spiro atoms. The fraction of sp³-hybridized carbons (Fsp3) is 0.222. The van der Waals surface area contributed by atoms with Crippen molar-refractivity contribution in [3.05, 3.63) is 60.4 Å². The molecule has 1 amide bonds. The minimum absolute atomic E-state index is 0.158. The summed E-state index contributed by atoms with van der Waals surface area (Å²) in [5, 5.41) is 2.58. The molecule has 0 heterocycles. The van der Waals surface area contributed by atoms with Crippen LogP contribution in [0.25, 0.3) is 0 Å². The van der Waals surface area contributed by atoms with Crippen LogP contribution in [-0.2, 0) is 24.3 Å². The Morgan fingerprint density at radius 3 is 2.30 bits per heavy atom. The second-order valence-electron chi connectivity index (χ2n) is 5.70. The van der Waals surface area contributed by atoms with Crippen molar-refractivity contribution in [1.82, 2.24) is 4.31 Å². The molecule has 2 aromatic rings. The van der Waals surface area contributed by atoms with E-state index in [-0.39, 0.29) is 4.90 Å². The lowest BCUT2D eigenvalue weighted by atomic mass is 10.3. The van der Waals surface area contributed by atoms with Gasteiger partial charge in [0.1, 0.15) is 12.4 Å².